The van der Waals surface area contributed by atoms with E-state index in [0.29, 0.717) is 6.04 Å². The summed E-state index contributed by atoms with van der Waals surface area (Å²) in [6.07, 6.45) is 1.21. The van der Waals surface area contributed by atoms with Gasteiger partial charge < -0.3 is 10.6 Å². The molecule has 1 unspecified atom stereocenters. The van der Waals surface area contributed by atoms with Crippen LogP contribution in [-0.2, 0) is 0 Å². The topological polar surface area (TPSA) is 44.9 Å². The molecule has 2 N–H and O–H groups in total. The van der Waals surface area contributed by atoms with Crippen LogP contribution in [0.15, 0.2) is 4.99 Å². The maximum Gasteiger partial charge on any atom is 0.112 e. The molecule has 1 rings (SSSR count). The summed E-state index contributed by atoms with van der Waals surface area (Å²) in [7, 11) is 4.27. The van der Waals surface area contributed by atoms with Crippen molar-refractivity contribution in [3.8, 4) is 0 Å². The van der Waals surface area contributed by atoms with Gasteiger partial charge >= 0.3 is 0 Å². The van der Waals surface area contributed by atoms with E-state index in [1.807, 2.05) is 6.92 Å². The highest BCUT2D eigenvalue weighted by Gasteiger charge is 2.22. The summed E-state index contributed by atoms with van der Waals surface area (Å²) in [6, 6.07) is 0.294. The van der Waals surface area contributed by atoms with Crippen LogP contribution in [0.5, 0.6) is 0 Å². The number of nitrogens with two attached hydrogens (primary N) is 1. The summed E-state index contributed by atoms with van der Waals surface area (Å²) in [6.45, 7) is 6.05. The quantitative estimate of drug-likeness (QED) is 0.502. The fourth-order valence-corrected chi connectivity index (χ4v) is 1.88. The minimum Gasteiger partial charge on any atom is -0.386 e. The van der Waals surface area contributed by atoms with Crippen LogP contribution in [0.3, 0.4) is 0 Å². The number of amidine groups is 1. The molecule has 0 aliphatic carbocycles. The first-order valence-corrected chi connectivity index (χ1v) is 5.33. The monoisotopic (exact) mass is 198 g/mol. The van der Waals surface area contributed by atoms with Gasteiger partial charge in [0.05, 0.1) is 6.04 Å². The van der Waals surface area contributed by atoms with Crippen LogP contribution in [0.2, 0.25) is 0 Å². The highest BCUT2D eigenvalue weighted by molar-refractivity contribution is 5.86. The first kappa shape index (κ1) is 11.5. The second kappa shape index (κ2) is 5.32. The first-order valence-electron chi connectivity index (χ1n) is 5.33. The molecule has 0 aromatic heterocycles. The molecule has 1 atom stereocenters. The Morgan fingerprint density at radius 3 is 2.79 bits per heavy atom. The summed E-state index contributed by atoms with van der Waals surface area (Å²) >= 11 is 0. The molecule has 0 amide bonds. The van der Waals surface area contributed by atoms with Crippen LogP contribution in [-0.4, -0.2) is 62.0 Å². The molecule has 4 nitrogen and oxygen atoms in total. The Morgan fingerprint density at radius 1 is 1.43 bits per heavy atom. The SMILES string of the molecule is CCN=C(N)C1CN(C)CCCN1C. The predicted molar refractivity (Wildman–Crippen MR) is 60.7 cm³/mol. The molecule has 14 heavy (non-hydrogen) atoms. The smallest absolute Gasteiger partial charge is 0.112 e. The zero-order valence-electron chi connectivity index (χ0n) is 9.53. The molecule has 1 heterocycles. The molecule has 0 saturated carbocycles. The molecule has 1 aliphatic heterocycles. The molecule has 1 fully saturated rings. The Hall–Kier alpha value is -0.610. The maximum atomic E-state index is 5.96. The second-order valence-corrected chi connectivity index (χ2v) is 4.01. The zero-order valence-corrected chi connectivity index (χ0v) is 9.53. The molecular weight excluding hydrogens is 176 g/mol. The van der Waals surface area contributed by atoms with Crippen molar-refractivity contribution in [3.05, 3.63) is 0 Å². The standard InChI is InChI=1S/C10H22N4/c1-4-12-10(11)9-8-13(2)6-5-7-14(9)3/h9H,4-8H2,1-3H3,(H2,11,12). The van der Waals surface area contributed by atoms with Gasteiger partial charge in [-0.05, 0) is 40.5 Å². The number of hydrogen-bond acceptors (Lipinski definition) is 3. The van der Waals surface area contributed by atoms with Crippen LogP contribution >= 0.6 is 0 Å². The Balaban J connectivity index is 2.67. The lowest BCUT2D eigenvalue weighted by molar-refractivity contribution is 0.278. The van der Waals surface area contributed by atoms with Gasteiger partial charge in [-0.1, -0.05) is 0 Å². The van der Waals surface area contributed by atoms with Crippen molar-refractivity contribution >= 4 is 5.84 Å². The Bertz CT molecular complexity index is 202. The summed E-state index contributed by atoms with van der Waals surface area (Å²) in [5.41, 5.74) is 5.96. The van der Waals surface area contributed by atoms with Crippen molar-refractivity contribution in [2.75, 3.05) is 40.3 Å². The van der Waals surface area contributed by atoms with E-state index in [1.165, 1.54) is 6.42 Å². The van der Waals surface area contributed by atoms with Gasteiger partial charge in [0, 0.05) is 13.1 Å². The van der Waals surface area contributed by atoms with Crippen molar-refractivity contribution in [2.24, 2.45) is 10.7 Å². The maximum absolute atomic E-state index is 5.96. The van der Waals surface area contributed by atoms with E-state index in [1.54, 1.807) is 0 Å². The number of rotatable bonds is 2. The van der Waals surface area contributed by atoms with Crippen molar-refractivity contribution in [3.63, 3.8) is 0 Å². The average molecular weight is 198 g/mol. The van der Waals surface area contributed by atoms with Gasteiger partial charge in [0.1, 0.15) is 5.84 Å². The molecule has 0 aromatic rings. The van der Waals surface area contributed by atoms with Gasteiger partial charge in [-0.3, -0.25) is 9.89 Å². The van der Waals surface area contributed by atoms with Crippen molar-refractivity contribution in [2.45, 2.75) is 19.4 Å². The van der Waals surface area contributed by atoms with Crippen LogP contribution in [0.4, 0.5) is 0 Å². The molecule has 4 heteroatoms. The van der Waals surface area contributed by atoms with Gasteiger partial charge in [-0.25, -0.2) is 0 Å². The van der Waals surface area contributed by atoms with Gasteiger partial charge in [-0.15, -0.1) is 0 Å². The van der Waals surface area contributed by atoms with Gasteiger partial charge in [0.15, 0.2) is 0 Å². The molecule has 0 spiro atoms. The van der Waals surface area contributed by atoms with E-state index in [-0.39, 0.29) is 0 Å². The van der Waals surface area contributed by atoms with Crippen molar-refractivity contribution < 1.29 is 0 Å². The third-order valence-corrected chi connectivity index (χ3v) is 2.75. The fraction of sp³-hybridized carbons (Fsp3) is 0.900. The summed E-state index contributed by atoms with van der Waals surface area (Å²) in [5.74, 6) is 0.781. The average Bonchev–Trinajstić information content (AvgIpc) is 2.29. The zero-order chi connectivity index (χ0) is 10.6. The van der Waals surface area contributed by atoms with E-state index in [9.17, 15) is 0 Å². The van der Waals surface area contributed by atoms with E-state index in [2.05, 4.69) is 28.9 Å². The highest BCUT2D eigenvalue weighted by Crippen LogP contribution is 2.06. The number of hydrogen-bond donors (Lipinski definition) is 1. The van der Waals surface area contributed by atoms with Crippen LogP contribution < -0.4 is 5.73 Å². The van der Waals surface area contributed by atoms with E-state index in [4.69, 9.17) is 5.73 Å². The third-order valence-electron chi connectivity index (χ3n) is 2.75. The minimum atomic E-state index is 0.294. The lowest BCUT2D eigenvalue weighted by atomic mass is 10.2. The van der Waals surface area contributed by atoms with Crippen molar-refractivity contribution in [1.29, 1.82) is 0 Å². The van der Waals surface area contributed by atoms with Crippen LogP contribution in [0.1, 0.15) is 13.3 Å². The van der Waals surface area contributed by atoms with E-state index >= 15 is 0 Å². The summed E-state index contributed by atoms with van der Waals surface area (Å²) in [4.78, 5) is 8.93. The third kappa shape index (κ3) is 2.96. The van der Waals surface area contributed by atoms with Crippen LogP contribution in [0.25, 0.3) is 0 Å². The van der Waals surface area contributed by atoms with Gasteiger partial charge in [-0.2, -0.15) is 0 Å². The second-order valence-electron chi connectivity index (χ2n) is 4.01. The highest BCUT2D eigenvalue weighted by atomic mass is 15.2. The van der Waals surface area contributed by atoms with E-state index < -0.39 is 0 Å². The van der Waals surface area contributed by atoms with Crippen molar-refractivity contribution in [1.82, 2.24) is 9.80 Å². The molecular formula is C10H22N4. The number of nitrogens with zero attached hydrogens (tertiary/aromatic N) is 3. The van der Waals surface area contributed by atoms with Gasteiger partial charge in [0.2, 0.25) is 0 Å². The Labute approximate surface area is 86.8 Å². The number of aliphatic imine (C=N–C) groups is 1. The lowest BCUT2D eigenvalue weighted by Crippen LogP contribution is -2.47. The Kier molecular flexibility index (Phi) is 4.35. The first-order chi connectivity index (χ1) is 6.65. The van der Waals surface area contributed by atoms with Crippen LogP contribution in [0, 0.1) is 0 Å². The van der Waals surface area contributed by atoms with E-state index in [0.717, 1.165) is 32.0 Å². The number of likely N-dealkylation sites (N-methyl/N-ethyl adjacent to an activating group) is 2. The molecule has 1 saturated heterocycles. The van der Waals surface area contributed by atoms with Gasteiger partial charge in [0.25, 0.3) is 0 Å². The molecule has 0 bridgehead atoms. The minimum absolute atomic E-state index is 0.294. The Morgan fingerprint density at radius 2 is 2.14 bits per heavy atom. The molecule has 82 valence electrons. The normalized spacial score (nSPS) is 27.6. The lowest BCUT2D eigenvalue weighted by Gasteiger charge is -2.26. The molecule has 0 radical (unpaired) electrons. The summed E-state index contributed by atoms with van der Waals surface area (Å²) in [5, 5.41) is 0. The largest absolute Gasteiger partial charge is 0.386 e. The molecule has 0 aromatic carbocycles. The predicted octanol–water partition coefficient (Wildman–Crippen LogP) is -0.000600. The molecule has 1 aliphatic rings. The summed E-state index contributed by atoms with van der Waals surface area (Å²) < 4.78 is 0. The fourth-order valence-electron chi connectivity index (χ4n) is 1.88.